The van der Waals surface area contributed by atoms with Crippen LogP contribution in [0.3, 0.4) is 0 Å². The molecule has 11 heavy (non-hydrogen) atoms. The van der Waals surface area contributed by atoms with Gasteiger partial charge in [-0.2, -0.15) is 0 Å². The number of hydrogen-bond acceptors (Lipinski definition) is 3. The molecule has 0 fully saturated rings. The van der Waals surface area contributed by atoms with Crippen molar-refractivity contribution in [2.45, 2.75) is 44.8 Å². The molecule has 0 aliphatic rings. The number of aliphatic hydroxyl groups is 3. The molecular formula is C8H18O3. The van der Waals surface area contributed by atoms with E-state index in [0.717, 1.165) is 25.7 Å². The Labute approximate surface area is 67.7 Å². The summed E-state index contributed by atoms with van der Waals surface area (Å²) in [7, 11) is 0. The standard InChI is InChI=1S/C8H18O3/c1-8(10,11)6-4-2-3-5-7-9/h9-11H,2-7H2,1H3. The van der Waals surface area contributed by atoms with E-state index >= 15 is 0 Å². The van der Waals surface area contributed by atoms with Gasteiger partial charge in [-0.25, -0.2) is 0 Å². The van der Waals surface area contributed by atoms with Crippen LogP contribution in [0.15, 0.2) is 0 Å². The van der Waals surface area contributed by atoms with Gasteiger partial charge in [0.1, 0.15) is 0 Å². The molecule has 0 aliphatic carbocycles. The van der Waals surface area contributed by atoms with Crippen molar-refractivity contribution in [1.29, 1.82) is 0 Å². The Bertz CT molecular complexity index is 85.8. The van der Waals surface area contributed by atoms with Gasteiger partial charge in [-0.15, -0.1) is 0 Å². The summed E-state index contributed by atoms with van der Waals surface area (Å²) in [6.07, 6.45) is 3.96. The molecule has 3 nitrogen and oxygen atoms in total. The third-order valence-electron chi connectivity index (χ3n) is 1.56. The number of hydrogen-bond donors (Lipinski definition) is 3. The smallest absolute Gasteiger partial charge is 0.159 e. The number of rotatable bonds is 6. The van der Waals surface area contributed by atoms with Crippen molar-refractivity contribution in [3.8, 4) is 0 Å². The first-order valence-corrected chi connectivity index (χ1v) is 4.12. The van der Waals surface area contributed by atoms with Crippen LogP contribution in [0.5, 0.6) is 0 Å². The average Bonchev–Trinajstić information content (AvgIpc) is 1.85. The summed E-state index contributed by atoms with van der Waals surface area (Å²) < 4.78 is 0. The minimum atomic E-state index is -1.51. The SMILES string of the molecule is CC(O)(O)CCCCCCO. The quantitative estimate of drug-likeness (QED) is 0.396. The van der Waals surface area contributed by atoms with E-state index in [1.165, 1.54) is 6.92 Å². The first-order chi connectivity index (χ1) is 5.06. The van der Waals surface area contributed by atoms with Crippen molar-refractivity contribution < 1.29 is 15.3 Å². The van der Waals surface area contributed by atoms with Crippen molar-refractivity contribution in [1.82, 2.24) is 0 Å². The molecule has 0 rings (SSSR count). The molecule has 0 unspecified atom stereocenters. The highest BCUT2D eigenvalue weighted by Crippen LogP contribution is 2.11. The van der Waals surface area contributed by atoms with E-state index < -0.39 is 5.79 Å². The molecule has 0 saturated carbocycles. The van der Waals surface area contributed by atoms with E-state index in [1.807, 2.05) is 0 Å². The lowest BCUT2D eigenvalue weighted by molar-refractivity contribution is -0.150. The van der Waals surface area contributed by atoms with E-state index in [1.54, 1.807) is 0 Å². The van der Waals surface area contributed by atoms with E-state index in [0.29, 0.717) is 6.42 Å². The van der Waals surface area contributed by atoms with Crippen molar-refractivity contribution in [2.75, 3.05) is 6.61 Å². The fourth-order valence-corrected chi connectivity index (χ4v) is 0.925. The highest BCUT2D eigenvalue weighted by atomic mass is 16.5. The zero-order valence-electron chi connectivity index (χ0n) is 7.08. The van der Waals surface area contributed by atoms with Crippen molar-refractivity contribution in [2.24, 2.45) is 0 Å². The summed E-state index contributed by atoms with van der Waals surface area (Å²) in [4.78, 5) is 0. The highest BCUT2D eigenvalue weighted by Gasteiger charge is 2.12. The molecular weight excluding hydrogens is 144 g/mol. The Kier molecular flexibility index (Phi) is 5.46. The maximum Gasteiger partial charge on any atom is 0.159 e. The second kappa shape index (κ2) is 5.52. The maximum atomic E-state index is 8.88. The Morgan fingerprint density at radius 2 is 1.55 bits per heavy atom. The van der Waals surface area contributed by atoms with Gasteiger partial charge in [0.05, 0.1) is 0 Å². The first kappa shape index (κ1) is 10.9. The minimum absolute atomic E-state index is 0.232. The van der Waals surface area contributed by atoms with E-state index in [9.17, 15) is 0 Å². The first-order valence-electron chi connectivity index (χ1n) is 4.12. The van der Waals surface area contributed by atoms with Gasteiger partial charge in [0.25, 0.3) is 0 Å². The summed E-state index contributed by atoms with van der Waals surface area (Å²) in [5, 5.41) is 26.2. The van der Waals surface area contributed by atoms with Crippen molar-refractivity contribution in [3.63, 3.8) is 0 Å². The summed E-state index contributed by atoms with van der Waals surface area (Å²) in [6.45, 7) is 1.62. The van der Waals surface area contributed by atoms with Gasteiger partial charge in [-0.1, -0.05) is 12.8 Å². The molecule has 3 heteroatoms. The summed E-state index contributed by atoms with van der Waals surface area (Å²) in [6, 6.07) is 0. The van der Waals surface area contributed by atoms with Crippen molar-refractivity contribution >= 4 is 0 Å². The van der Waals surface area contributed by atoms with Crippen LogP contribution in [0.1, 0.15) is 39.0 Å². The van der Waals surface area contributed by atoms with Crippen LogP contribution in [0.2, 0.25) is 0 Å². The van der Waals surface area contributed by atoms with Crippen molar-refractivity contribution in [3.05, 3.63) is 0 Å². The summed E-state index contributed by atoms with van der Waals surface area (Å²) in [5.41, 5.74) is 0. The van der Waals surface area contributed by atoms with Gasteiger partial charge >= 0.3 is 0 Å². The Morgan fingerprint density at radius 3 is 2.00 bits per heavy atom. The molecule has 0 saturated heterocycles. The van der Waals surface area contributed by atoms with Crippen LogP contribution in [0.25, 0.3) is 0 Å². The lowest BCUT2D eigenvalue weighted by Crippen LogP contribution is -2.22. The van der Waals surface area contributed by atoms with Crippen LogP contribution in [-0.4, -0.2) is 27.7 Å². The van der Waals surface area contributed by atoms with E-state index in [4.69, 9.17) is 15.3 Å². The normalized spacial score (nSPS) is 12.0. The molecule has 0 bridgehead atoms. The van der Waals surface area contributed by atoms with Crippen LogP contribution >= 0.6 is 0 Å². The lowest BCUT2D eigenvalue weighted by Gasteiger charge is -2.14. The third kappa shape index (κ3) is 9.88. The fraction of sp³-hybridized carbons (Fsp3) is 1.00. The molecule has 0 amide bonds. The largest absolute Gasteiger partial charge is 0.396 e. The van der Waals surface area contributed by atoms with Gasteiger partial charge < -0.3 is 15.3 Å². The third-order valence-corrected chi connectivity index (χ3v) is 1.56. The Morgan fingerprint density at radius 1 is 1.00 bits per heavy atom. The molecule has 0 heterocycles. The second-order valence-corrected chi connectivity index (χ2v) is 3.10. The number of aliphatic hydroxyl groups excluding tert-OH is 1. The van der Waals surface area contributed by atoms with Gasteiger partial charge in [0, 0.05) is 13.0 Å². The lowest BCUT2D eigenvalue weighted by atomic mass is 10.1. The Balaban J connectivity index is 3.02. The highest BCUT2D eigenvalue weighted by molar-refractivity contribution is 4.55. The monoisotopic (exact) mass is 162 g/mol. The average molecular weight is 162 g/mol. The molecule has 0 atom stereocenters. The maximum absolute atomic E-state index is 8.88. The van der Waals surface area contributed by atoms with Crippen LogP contribution in [-0.2, 0) is 0 Å². The fourth-order valence-electron chi connectivity index (χ4n) is 0.925. The molecule has 0 aromatic rings. The zero-order valence-corrected chi connectivity index (χ0v) is 7.08. The molecule has 0 aromatic heterocycles. The molecule has 0 aliphatic heterocycles. The predicted octanol–water partition coefficient (Wildman–Crippen LogP) is 0.630. The molecule has 0 radical (unpaired) electrons. The predicted molar refractivity (Wildman–Crippen MR) is 43.0 cm³/mol. The number of unbranched alkanes of at least 4 members (excludes halogenated alkanes) is 3. The van der Waals surface area contributed by atoms with E-state index in [2.05, 4.69) is 0 Å². The van der Waals surface area contributed by atoms with Crippen LogP contribution < -0.4 is 0 Å². The molecule has 68 valence electrons. The summed E-state index contributed by atoms with van der Waals surface area (Å²) >= 11 is 0. The Hall–Kier alpha value is -0.120. The van der Waals surface area contributed by atoms with Gasteiger partial charge in [-0.05, 0) is 19.8 Å². The molecule has 0 spiro atoms. The second-order valence-electron chi connectivity index (χ2n) is 3.10. The minimum Gasteiger partial charge on any atom is -0.396 e. The van der Waals surface area contributed by atoms with Gasteiger partial charge in [0.15, 0.2) is 5.79 Å². The van der Waals surface area contributed by atoms with Crippen LogP contribution in [0.4, 0.5) is 0 Å². The van der Waals surface area contributed by atoms with Gasteiger partial charge in [0.2, 0.25) is 0 Å². The van der Waals surface area contributed by atoms with E-state index in [-0.39, 0.29) is 6.61 Å². The molecule has 0 aromatic carbocycles. The molecule has 3 N–H and O–H groups in total. The van der Waals surface area contributed by atoms with Gasteiger partial charge in [-0.3, -0.25) is 0 Å². The van der Waals surface area contributed by atoms with Crippen LogP contribution in [0, 0.1) is 0 Å². The zero-order chi connectivity index (χ0) is 8.74. The summed E-state index contributed by atoms with van der Waals surface area (Å²) in [5.74, 6) is -1.51. The topological polar surface area (TPSA) is 60.7 Å².